The molecule has 96 valence electrons. The van der Waals surface area contributed by atoms with E-state index in [4.69, 9.17) is 0 Å². The molecular formula is C11H14N4O2S. The highest BCUT2D eigenvalue weighted by molar-refractivity contribution is 7.15. The maximum atomic E-state index is 11.7. The summed E-state index contributed by atoms with van der Waals surface area (Å²) >= 11 is 1.52. The number of carbonyl (C=O) groups excluding carboxylic acids is 1. The molecule has 1 amide bonds. The summed E-state index contributed by atoms with van der Waals surface area (Å²) in [7, 11) is 0. The van der Waals surface area contributed by atoms with E-state index in [2.05, 4.69) is 10.3 Å². The second kappa shape index (κ2) is 4.25. The molecule has 1 unspecified atom stereocenters. The number of anilines is 1. The van der Waals surface area contributed by atoms with Gasteiger partial charge in [0.1, 0.15) is 6.04 Å². The molecule has 3 heterocycles. The first kappa shape index (κ1) is 11.5. The molecule has 1 atom stereocenters. The van der Waals surface area contributed by atoms with Gasteiger partial charge in [0, 0.05) is 24.7 Å². The molecule has 1 fully saturated rings. The molecule has 1 saturated heterocycles. The predicted molar refractivity (Wildman–Crippen MR) is 68.8 cm³/mol. The van der Waals surface area contributed by atoms with E-state index in [1.54, 1.807) is 0 Å². The number of fused-ring (bicyclic) bond motifs is 1. The van der Waals surface area contributed by atoms with E-state index in [0.29, 0.717) is 18.9 Å². The second-order valence-corrected chi connectivity index (χ2v) is 5.13. The van der Waals surface area contributed by atoms with Crippen LogP contribution in [0.2, 0.25) is 0 Å². The lowest BCUT2D eigenvalue weighted by molar-refractivity contribution is -0.122. The molecular weight excluding hydrogens is 252 g/mol. The number of rotatable bonds is 2. The highest BCUT2D eigenvalue weighted by Gasteiger charge is 2.29. The first-order valence-electron chi connectivity index (χ1n) is 5.82. The SMILES string of the molecule is CC1C(=O)NCCN1c1nc2sccn2c1CO. The molecule has 0 aromatic carbocycles. The summed E-state index contributed by atoms with van der Waals surface area (Å²) in [4.78, 5) is 19.0. The average molecular weight is 266 g/mol. The minimum absolute atomic E-state index is 0.00138. The van der Waals surface area contributed by atoms with E-state index >= 15 is 0 Å². The summed E-state index contributed by atoms with van der Waals surface area (Å²) in [5, 5.41) is 14.3. The van der Waals surface area contributed by atoms with Gasteiger partial charge in [0.25, 0.3) is 0 Å². The number of piperazine rings is 1. The van der Waals surface area contributed by atoms with E-state index in [1.807, 2.05) is 27.8 Å². The number of hydrogen-bond donors (Lipinski definition) is 2. The van der Waals surface area contributed by atoms with Crippen LogP contribution in [0.4, 0.5) is 5.82 Å². The summed E-state index contributed by atoms with van der Waals surface area (Å²) in [6.07, 6.45) is 1.89. The number of imidazole rings is 1. The fourth-order valence-corrected chi connectivity index (χ4v) is 3.00. The summed E-state index contributed by atoms with van der Waals surface area (Å²) in [6.45, 7) is 3.09. The molecule has 0 spiro atoms. The standard InChI is InChI=1S/C11H14N4O2S/c1-7-10(17)12-2-3-14(7)9-8(6-16)15-4-5-18-11(15)13-9/h4-5,7,16H,2-3,6H2,1H3,(H,12,17). The van der Waals surface area contributed by atoms with Crippen LogP contribution in [0, 0.1) is 0 Å². The molecule has 0 bridgehead atoms. The van der Waals surface area contributed by atoms with E-state index in [-0.39, 0.29) is 18.6 Å². The average Bonchev–Trinajstić information content (AvgIpc) is 2.92. The number of aliphatic hydroxyl groups is 1. The number of carbonyl (C=O) groups is 1. The van der Waals surface area contributed by atoms with Gasteiger partial charge in [0.2, 0.25) is 5.91 Å². The molecule has 6 nitrogen and oxygen atoms in total. The Hall–Kier alpha value is -1.60. The number of aliphatic hydroxyl groups excluding tert-OH is 1. The maximum absolute atomic E-state index is 11.7. The molecule has 3 rings (SSSR count). The number of thiazole rings is 1. The first-order valence-corrected chi connectivity index (χ1v) is 6.70. The van der Waals surface area contributed by atoms with Crippen LogP contribution in [0.1, 0.15) is 12.6 Å². The van der Waals surface area contributed by atoms with Crippen LogP contribution in [0.25, 0.3) is 4.96 Å². The Morgan fingerprint density at radius 3 is 3.28 bits per heavy atom. The van der Waals surface area contributed by atoms with Crippen molar-refractivity contribution in [3.63, 3.8) is 0 Å². The van der Waals surface area contributed by atoms with Crippen LogP contribution in [-0.2, 0) is 11.4 Å². The van der Waals surface area contributed by atoms with Crippen LogP contribution >= 0.6 is 11.3 Å². The highest BCUT2D eigenvalue weighted by atomic mass is 32.1. The van der Waals surface area contributed by atoms with Gasteiger partial charge in [-0.3, -0.25) is 9.20 Å². The lowest BCUT2D eigenvalue weighted by Gasteiger charge is -2.33. The molecule has 2 aromatic heterocycles. The van der Waals surface area contributed by atoms with E-state index in [9.17, 15) is 9.90 Å². The minimum atomic E-state index is -0.256. The molecule has 18 heavy (non-hydrogen) atoms. The maximum Gasteiger partial charge on any atom is 0.242 e. The van der Waals surface area contributed by atoms with Crippen molar-refractivity contribution >= 4 is 28.0 Å². The largest absolute Gasteiger partial charge is 0.390 e. The van der Waals surface area contributed by atoms with Gasteiger partial charge in [-0.15, -0.1) is 11.3 Å². The van der Waals surface area contributed by atoms with Gasteiger partial charge in [0.05, 0.1) is 12.3 Å². The van der Waals surface area contributed by atoms with Crippen LogP contribution in [0.5, 0.6) is 0 Å². The van der Waals surface area contributed by atoms with Crippen LogP contribution in [-0.4, -0.2) is 39.5 Å². The van der Waals surface area contributed by atoms with E-state index < -0.39 is 0 Å². The second-order valence-electron chi connectivity index (χ2n) is 4.26. The van der Waals surface area contributed by atoms with Crippen molar-refractivity contribution < 1.29 is 9.90 Å². The van der Waals surface area contributed by atoms with Crippen molar-refractivity contribution in [3.8, 4) is 0 Å². The fourth-order valence-electron chi connectivity index (χ4n) is 2.27. The predicted octanol–water partition coefficient (Wildman–Crippen LogP) is 0.213. The van der Waals surface area contributed by atoms with Gasteiger partial charge in [-0.1, -0.05) is 0 Å². The molecule has 1 aliphatic rings. The minimum Gasteiger partial charge on any atom is -0.390 e. The summed E-state index contributed by atoms with van der Waals surface area (Å²) in [5.41, 5.74) is 0.743. The fraction of sp³-hybridized carbons (Fsp3) is 0.455. The van der Waals surface area contributed by atoms with Crippen LogP contribution < -0.4 is 10.2 Å². The van der Waals surface area contributed by atoms with Crippen molar-refractivity contribution in [2.45, 2.75) is 19.6 Å². The van der Waals surface area contributed by atoms with Gasteiger partial charge in [-0.2, -0.15) is 0 Å². The molecule has 0 saturated carbocycles. The first-order chi connectivity index (χ1) is 8.72. The Kier molecular flexibility index (Phi) is 2.71. The van der Waals surface area contributed by atoms with Crippen molar-refractivity contribution in [2.24, 2.45) is 0 Å². The summed E-state index contributed by atoms with van der Waals surface area (Å²) < 4.78 is 1.87. The third kappa shape index (κ3) is 1.58. The van der Waals surface area contributed by atoms with Crippen molar-refractivity contribution in [1.29, 1.82) is 0 Å². The molecule has 0 radical (unpaired) electrons. The smallest absolute Gasteiger partial charge is 0.242 e. The van der Waals surface area contributed by atoms with Crippen LogP contribution in [0.3, 0.4) is 0 Å². The summed E-state index contributed by atoms with van der Waals surface area (Å²) in [5.74, 6) is 0.716. The number of aromatic nitrogens is 2. The lowest BCUT2D eigenvalue weighted by atomic mass is 10.2. The zero-order chi connectivity index (χ0) is 12.7. The van der Waals surface area contributed by atoms with Gasteiger partial charge in [-0.05, 0) is 6.92 Å². The number of hydrogen-bond acceptors (Lipinski definition) is 5. The third-order valence-electron chi connectivity index (χ3n) is 3.26. The molecule has 7 heteroatoms. The monoisotopic (exact) mass is 266 g/mol. The van der Waals surface area contributed by atoms with Crippen molar-refractivity contribution in [2.75, 3.05) is 18.0 Å². The Labute approximate surface area is 108 Å². The quantitative estimate of drug-likeness (QED) is 0.815. The van der Waals surface area contributed by atoms with E-state index in [0.717, 1.165) is 10.7 Å². The number of nitrogens with zero attached hydrogens (tertiary/aromatic N) is 3. The third-order valence-corrected chi connectivity index (χ3v) is 4.02. The molecule has 0 aliphatic carbocycles. The van der Waals surface area contributed by atoms with Gasteiger partial charge >= 0.3 is 0 Å². The van der Waals surface area contributed by atoms with E-state index in [1.165, 1.54) is 11.3 Å². The Balaban J connectivity index is 2.07. The topological polar surface area (TPSA) is 69.9 Å². The Morgan fingerprint density at radius 2 is 2.50 bits per heavy atom. The molecule has 1 aliphatic heterocycles. The highest BCUT2D eigenvalue weighted by Crippen LogP contribution is 2.26. The van der Waals surface area contributed by atoms with Crippen LogP contribution in [0.15, 0.2) is 11.6 Å². The summed E-state index contributed by atoms with van der Waals surface area (Å²) in [6, 6.07) is -0.256. The zero-order valence-electron chi connectivity index (χ0n) is 9.96. The number of amides is 1. The zero-order valence-corrected chi connectivity index (χ0v) is 10.8. The van der Waals surface area contributed by atoms with Gasteiger partial charge < -0.3 is 15.3 Å². The Bertz CT molecular complexity index is 591. The Morgan fingerprint density at radius 1 is 1.67 bits per heavy atom. The number of nitrogens with one attached hydrogen (secondary N) is 1. The molecule has 2 aromatic rings. The lowest BCUT2D eigenvalue weighted by Crippen LogP contribution is -2.54. The van der Waals surface area contributed by atoms with Gasteiger partial charge in [-0.25, -0.2) is 4.98 Å². The van der Waals surface area contributed by atoms with Crippen molar-refractivity contribution in [3.05, 3.63) is 17.3 Å². The van der Waals surface area contributed by atoms with Gasteiger partial charge in [0.15, 0.2) is 10.8 Å². The molecule has 2 N–H and O–H groups in total. The normalized spacial score (nSPS) is 20.4. The van der Waals surface area contributed by atoms with Crippen molar-refractivity contribution in [1.82, 2.24) is 14.7 Å².